The van der Waals surface area contributed by atoms with E-state index in [2.05, 4.69) is 35.2 Å². The number of likely N-dealkylation sites (tertiary alicyclic amines) is 1. The normalized spacial score (nSPS) is 24.9. The smallest absolute Gasteiger partial charge is 0.149 e. The predicted molar refractivity (Wildman–Crippen MR) is 77.2 cm³/mol. The van der Waals surface area contributed by atoms with E-state index in [0.29, 0.717) is 24.2 Å². The molecule has 1 aromatic rings. The van der Waals surface area contributed by atoms with Gasteiger partial charge < -0.3 is 0 Å². The monoisotopic (exact) mass is 257 g/mol. The van der Waals surface area contributed by atoms with E-state index in [1.807, 2.05) is 0 Å². The van der Waals surface area contributed by atoms with Crippen LogP contribution in [0.1, 0.15) is 43.6 Å². The summed E-state index contributed by atoms with van der Waals surface area (Å²) in [7, 11) is 0. The Hall–Kier alpha value is -1.15. The van der Waals surface area contributed by atoms with Crippen molar-refractivity contribution in [2.45, 2.75) is 38.0 Å². The van der Waals surface area contributed by atoms with Crippen LogP contribution < -0.4 is 0 Å². The summed E-state index contributed by atoms with van der Waals surface area (Å²) in [4.78, 5) is 14.6. The van der Waals surface area contributed by atoms with E-state index < -0.39 is 0 Å². The summed E-state index contributed by atoms with van der Waals surface area (Å²) in [6, 6.07) is 10.7. The van der Waals surface area contributed by atoms with Crippen molar-refractivity contribution in [3.8, 4) is 0 Å². The number of carbonyl (C=O) groups is 1. The molecular weight excluding hydrogens is 234 g/mol. The molecule has 1 aliphatic heterocycles. The maximum Gasteiger partial charge on any atom is 0.149 e. The van der Waals surface area contributed by atoms with Crippen molar-refractivity contribution in [3.63, 3.8) is 0 Å². The van der Waals surface area contributed by atoms with Gasteiger partial charge in [-0.3, -0.25) is 9.69 Å². The second-order valence-electron chi connectivity index (χ2n) is 6.08. The molecule has 1 heterocycles. The first kappa shape index (κ1) is 12.9. The van der Waals surface area contributed by atoms with Gasteiger partial charge in [0.1, 0.15) is 5.78 Å². The van der Waals surface area contributed by atoms with Gasteiger partial charge in [0, 0.05) is 12.5 Å². The molecule has 102 valence electrons. The molecule has 1 atom stereocenters. The van der Waals surface area contributed by atoms with Crippen molar-refractivity contribution >= 4 is 5.78 Å². The zero-order valence-electron chi connectivity index (χ0n) is 11.6. The number of carbonyl (C=O) groups excluding carboxylic acids is 1. The minimum Gasteiger partial charge on any atom is -0.298 e. The second-order valence-corrected chi connectivity index (χ2v) is 6.08. The largest absolute Gasteiger partial charge is 0.298 e. The number of ketones is 1. The molecule has 2 fully saturated rings. The van der Waals surface area contributed by atoms with Crippen LogP contribution in [0.5, 0.6) is 0 Å². The molecule has 2 aliphatic rings. The molecule has 3 rings (SSSR count). The number of nitrogens with zero attached hydrogens (tertiary/aromatic N) is 1. The Morgan fingerprint density at radius 2 is 1.84 bits per heavy atom. The molecule has 0 bridgehead atoms. The van der Waals surface area contributed by atoms with Crippen molar-refractivity contribution in [2.75, 3.05) is 19.6 Å². The highest BCUT2D eigenvalue weighted by Gasteiger charge is 2.28. The Morgan fingerprint density at radius 3 is 2.58 bits per heavy atom. The van der Waals surface area contributed by atoms with Gasteiger partial charge in [0.15, 0.2) is 0 Å². The summed E-state index contributed by atoms with van der Waals surface area (Å²) in [5.74, 6) is 1.49. The summed E-state index contributed by atoms with van der Waals surface area (Å²) in [5.41, 5.74) is 1.43. The molecule has 2 heteroatoms. The van der Waals surface area contributed by atoms with Crippen LogP contribution in [0.4, 0.5) is 0 Å². The molecule has 0 spiro atoms. The lowest BCUT2D eigenvalue weighted by Gasteiger charge is -2.17. The Bertz CT molecular complexity index is 422. The summed E-state index contributed by atoms with van der Waals surface area (Å²) in [5, 5.41) is 0. The van der Waals surface area contributed by atoms with Crippen LogP contribution >= 0.6 is 0 Å². The quantitative estimate of drug-likeness (QED) is 0.825. The lowest BCUT2D eigenvalue weighted by molar-refractivity contribution is -0.123. The van der Waals surface area contributed by atoms with E-state index in [1.165, 1.54) is 24.8 Å². The highest BCUT2D eigenvalue weighted by Crippen LogP contribution is 2.29. The minimum absolute atomic E-state index is 0.371. The number of hydrogen-bond acceptors (Lipinski definition) is 2. The number of hydrogen-bond donors (Lipinski definition) is 0. The SMILES string of the molecule is O=C(CN1CCC(c2ccccc2)C1)C1CCCC1. The fourth-order valence-corrected chi connectivity index (χ4v) is 3.57. The van der Waals surface area contributed by atoms with E-state index in [-0.39, 0.29) is 0 Å². The van der Waals surface area contributed by atoms with Crippen LogP contribution in [-0.2, 0) is 4.79 Å². The molecule has 1 aliphatic carbocycles. The van der Waals surface area contributed by atoms with Crippen LogP contribution in [-0.4, -0.2) is 30.3 Å². The first-order chi connectivity index (χ1) is 9.33. The van der Waals surface area contributed by atoms with E-state index in [1.54, 1.807) is 0 Å². The van der Waals surface area contributed by atoms with Crippen molar-refractivity contribution in [2.24, 2.45) is 5.92 Å². The molecule has 1 saturated heterocycles. The minimum atomic E-state index is 0.371. The van der Waals surface area contributed by atoms with Gasteiger partial charge >= 0.3 is 0 Å². The van der Waals surface area contributed by atoms with Gasteiger partial charge in [-0.25, -0.2) is 0 Å². The van der Waals surface area contributed by atoms with Gasteiger partial charge in [0.2, 0.25) is 0 Å². The maximum atomic E-state index is 12.2. The van der Waals surface area contributed by atoms with Crippen LogP contribution in [0.15, 0.2) is 30.3 Å². The molecule has 1 aromatic carbocycles. The molecule has 1 unspecified atom stereocenters. The fraction of sp³-hybridized carbons (Fsp3) is 0.588. The van der Waals surface area contributed by atoms with Gasteiger partial charge in [0.05, 0.1) is 6.54 Å². The third-order valence-electron chi connectivity index (χ3n) is 4.73. The highest BCUT2D eigenvalue weighted by atomic mass is 16.1. The summed E-state index contributed by atoms with van der Waals surface area (Å²) in [6.07, 6.45) is 5.97. The third-order valence-corrected chi connectivity index (χ3v) is 4.73. The summed E-state index contributed by atoms with van der Waals surface area (Å²) >= 11 is 0. The van der Waals surface area contributed by atoms with Crippen molar-refractivity contribution in [1.29, 1.82) is 0 Å². The second kappa shape index (κ2) is 5.87. The summed E-state index contributed by atoms with van der Waals surface area (Å²) < 4.78 is 0. The van der Waals surface area contributed by atoms with Crippen molar-refractivity contribution in [1.82, 2.24) is 4.90 Å². The van der Waals surface area contributed by atoms with Crippen LogP contribution in [0.3, 0.4) is 0 Å². The van der Waals surface area contributed by atoms with Gasteiger partial charge in [0.25, 0.3) is 0 Å². The van der Waals surface area contributed by atoms with E-state index in [4.69, 9.17) is 0 Å². The number of rotatable bonds is 4. The van der Waals surface area contributed by atoms with Crippen molar-refractivity contribution in [3.05, 3.63) is 35.9 Å². The van der Waals surface area contributed by atoms with E-state index >= 15 is 0 Å². The van der Waals surface area contributed by atoms with Crippen LogP contribution in [0.2, 0.25) is 0 Å². The molecule has 19 heavy (non-hydrogen) atoms. The lowest BCUT2D eigenvalue weighted by atomic mass is 9.99. The lowest BCUT2D eigenvalue weighted by Crippen LogP contribution is -2.30. The van der Waals surface area contributed by atoms with E-state index in [9.17, 15) is 4.79 Å². The predicted octanol–water partition coefficient (Wildman–Crippen LogP) is 3.24. The van der Waals surface area contributed by atoms with Gasteiger partial charge in [-0.2, -0.15) is 0 Å². The first-order valence-corrected chi connectivity index (χ1v) is 7.63. The van der Waals surface area contributed by atoms with Gasteiger partial charge in [-0.05, 0) is 37.3 Å². The topological polar surface area (TPSA) is 20.3 Å². The fourth-order valence-electron chi connectivity index (χ4n) is 3.57. The van der Waals surface area contributed by atoms with Gasteiger partial charge in [-0.15, -0.1) is 0 Å². The molecule has 0 amide bonds. The van der Waals surface area contributed by atoms with Gasteiger partial charge in [-0.1, -0.05) is 43.2 Å². The Kier molecular flexibility index (Phi) is 3.97. The van der Waals surface area contributed by atoms with E-state index in [0.717, 1.165) is 25.9 Å². The third kappa shape index (κ3) is 3.06. The molecular formula is C17H23NO. The maximum absolute atomic E-state index is 12.2. The van der Waals surface area contributed by atoms with Crippen LogP contribution in [0.25, 0.3) is 0 Å². The standard InChI is InChI=1S/C17H23NO/c19-17(15-8-4-5-9-15)13-18-11-10-16(12-18)14-6-2-1-3-7-14/h1-3,6-7,15-16H,4-5,8-13H2. The molecule has 0 N–H and O–H groups in total. The summed E-state index contributed by atoms with van der Waals surface area (Å²) in [6.45, 7) is 2.83. The molecule has 0 radical (unpaired) electrons. The Morgan fingerprint density at radius 1 is 1.11 bits per heavy atom. The molecule has 2 nitrogen and oxygen atoms in total. The Labute approximate surface area is 115 Å². The molecule has 0 aromatic heterocycles. The number of Topliss-reactive ketones (excluding diaryl/α,β-unsaturated/α-hetero) is 1. The van der Waals surface area contributed by atoms with Crippen molar-refractivity contribution < 1.29 is 4.79 Å². The highest BCUT2D eigenvalue weighted by molar-refractivity contribution is 5.83. The van der Waals surface area contributed by atoms with Crippen LogP contribution in [0, 0.1) is 5.92 Å². The zero-order chi connectivity index (χ0) is 13.1. The average molecular weight is 257 g/mol. The Balaban J connectivity index is 1.53. The average Bonchev–Trinajstić information content (AvgIpc) is 3.11. The molecule has 1 saturated carbocycles. The number of benzene rings is 1. The first-order valence-electron chi connectivity index (χ1n) is 7.63. The zero-order valence-corrected chi connectivity index (χ0v) is 11.6.